The quantitative estimate of drug-likeness (QED) is 0.731. The van der Waals surface area contributed by atoms with E-state index in [1.165, 1.54) is 0 Å². The average Bonchev–Trinajstić information content (AvgIpc) is 3.38. The summed E-state index contributed by atoms with van der Waals surface area (Å²) in [6, 6.07) is 8.89. The molecule has 1 aliphatic heterocycles. The summed E-state index contributed by atoms with van der Waals surface area (Å²) in [5.41, 5.74) is -0.454. The number of urea groups is 1. The van der Waals surface area contributed by atoms with Gasteiger partial charge in [0.25, 0.3) is 0 Å². The molecule has 3 amide bonds. The molecule has 24 heavy (non-hydrogen) atoms. The zero-order valence-electron chi connectivity index (χ0n) is 13.3. The number of aliphatic carboxylic acids is 1. The van der Waals surface area contributed by atoms with Crippen LogP contribution in [-0.4, -0.2) is 47.0 Å². The molecule has 0 spiro atoms. The minimum Gasteiger partial charge on any atom is -0.480 e. The predicted octanol–water partition coefficient (Wildman–Crippen LogP) is 1.66. The monoisotopic (exact) mass is 331 g/mol. The van der Waals surface area contributed by atoms with E-state index >= 15 is 0 Å². The van der Waals surface area contributed by atoms with Gasteiger partial charge in [-0.25, -0.2) is 4.79 Å². The molecular weight excluding hydrogens is 310 g/mol. The molecule has 1 heterocycles. The Morgan fingerprint density at radius 2 is 1.71 bits per heavy atom. The van der Waals surface area contributed by atoms with Crippen LogP contribution in [0.2, 0.25) is 0 Å². The van der Waals surface area contributed by atoms with Gasteiger partial charge in [-0.05, 0) is 37.8 Å². The smallest absolute Gasteiger partial charge is 0.319 e. The van der Waals surface area contributed by atoms with E-state index in [2.05, 4.69) is 10.6 Å². The third-order valence-corrected chi connectivity index (χ3v) is 4.72. The molecule has 1 aromatic carbocycles. The molecule has 0 aromatic heterocycles. The number of nitrogens with one attached hydrogen (secondary N) is 2. The number of carboxylic acid groups (broad SMARTS) is 1. The molecule has 128 valence electrons. The Labute approximate surface area is 140 Å². The van der Waals surface area contributed by atoms with Crippen molar-refractivity contribution in [2.45, 2.75) is 31.7 Å². The van der Waals surface area contributed by atoms with E-state index in [9.17, 15) is 19.5 Å². The van der Waals surface area contributed by atoms with Crippen molar-refractivity contribution >= 4 is 23.6 Å². The third-order valence-electron chi connectivity index (χ3n) is 4.72. The molecule has 1 saturated carbocycles. The van der Waals surface area contributed by atoms with Crippen molar-refractivity contribution in [3.63, 3.8) is 0 Å². The van der Waals surface area contributed by atoms with Crippen LogP contribution in [-0.2, 0) is 9.59 Å². The van der Waals surface area contributed by atoms with Gasteiger partial charge in [0.2, 0.25) is 5.91 Å². The van der Waals surface area contributed by atoms with Crippen molar-refractivity contribution < 1.29 is 19.5 Å². The highest BCUT2D eigenvalue weighted by Crippen LogP contribution is 2.47. The van der Waals surface area contributed by atoms with Crippen LogP contribution in [0.3, 0.4) is 0 Å². The van der Waals surface area contributed by atoms with E-state index < -0.39 is 11.4 Å². The van der Waals surface area contributed by atoms with Crippen LogP contribution in [0.4, 0.5) is 10.5 Å². The summed E-state index contributed by atoms with van der Waals surface area (Å²) in [6.45, 7) is 0.953. The maximum Gasteiger partial charge on any atom is 0.319 e. The molecule has 7 heteroatoms. The van der Waals surface area contributed by atoms with Gasteiger partial charge in [0.05, 0.1) is 0 Å². The lowest BCUT2D eigenvalue weighted by Gasteiger charge is -2.33. The summed E-state index contributed by atoms with van der Waals surface area (Å²) in [7, 11) is 0. The number of carbonyl (C=O) groups is 3. The van der Waals surface area contributed by atoms with Crippen LogP contribution in [0.1, 0.15) is 25.7 Å². The Hall–Kier alpha value is -2.57. The van der Waals surface area contributed by atoms with Crippen LogP contribution in [0.5, 0.6) is 0 Å². The molecule has 1 aliphatic carbocycles. The van der Waals surface area contributed by atoms with Gasteiger partial charge in [0.1, 0.15) is 5.41 Å². The van der Waals surface area contributed by atoms with E-state index in [0.29, 0.717) is 38.8 Å². The number of amides is 3. The van der Waals surface area contributed by atoms with Gasteiger partial charge in [-0.15, -0.1) is 0 Å². The molecular formula is C17H21N3O4. The fraction of sp³-hybridized carbons (Fsp3) is 0.471. The minimum atomic E-state index is -1.18. The second-order valence-corrected chi connectivity index (χ2v) is 6.42. The fourth-order valence-electron chi connectivity index (χ4n) is 3.05. The summed E-state index contributed by atoms with van der Waals surface area (Å²) in [5, 5.41) is 14.9. The Bertz CT molecular complexity index is 634. The highest BCUT2D eigenvalue weighted by molar-refractivity contribution is 6.04. The molecule has 7 nitrogen and oxygen atoms in total. The third kappa shape index (κ3) is 3.34. The molecule has 0 unspecified atom stereocenters. The Balaban J connectivity index is 1.46. The largest absolute Gasteiger partial charge is 0.480 e. The summed E-state index contributed by atoms with van der Waals surface area (Å²) in [6.07, 6.45) is 2.12. The number of rotatable bonds is 4. The van der Waals surface area contributed by atoms with Crippen molar-refractivity contribution in [1.29, 1.82) is 0 Å². The summed E-state index contributed by atoms with van der Waals surface area (Å²) < 4.78 is 0. The molecule has 0 radical (unpaired) electrons. The molecule has 2 aliphatic rings. The van der Waals surface area contributed by atoms with Crippen LogP contribution in [0.25, 0.3) is 0 Å². The van der Waals surface area contributed by atoms with Gasteiger partial charge in [-0.2, -0.15) is 0 Å². The lowest BCUT2D eigenvalue weighted by Crippen LogP contribution is -2.50. The number of para-hydroxylation sites is 1. The Morgan fingerprint density at radius 1 is 1.08 bits per heavy atom. The van der Waals surface area contributed by atoms with Gasteiger partial charge in [-0.1, -0.05) is 18.2 Å². The number of nitrogens with zero attached hydrogens (tertiary/aromatic N) is 1. The Morgan fingerprint density at radius 3 is 2.25 bits per heavy atom. The number of likely N-dealkylation sites (tertiary alicyclic amines) is 1. The normalized spacial score (nSPS) is 19.4. The molecule has 0 bridgehead atoms. The number of anilines is 1. The van der Waals surface area contributed by atoms with E-state index in [-0.39, 0.29) is 18.0 Å². The van der Waals surface area contributed by atoms with Crippen LogP contribution in [0, 0.1) is 5.41 Å². The zero-order chi connectivity index (χ0) is 17.2. The van der Waals surface area contributed by atoms with Crippen molar-refractivity contribution in [3.05, 3.63) is 30.3 Å². The first-order valence-electron chi connectivity index (χ1n) is 8.17. The zero-order valence-corrected chi connectivity index (χ0v) is 13.3. The van der Waals surface area contributed by atoms with E-state index in [0.717, 1.165) is 5.69 Å². The van der Waals surface area contributed by atoms with Gasteiger partial charge in [0.15, 0.2) is 0 Å². The van der Waals surface area contributed by atoms with E-state index in [1.807, 2.05) is 30.3 Å². The summed E-state index contributed by atoms with van der Waals surface area (Å²) in [5.74, 6) is -1.29. The minimum absolute atomic E-state index is 0.0160. The van der Waals surface area contributed by atoms with E-state index in [4.69, 9.17) is 0 Å². The van der Waals surface area contributed by atoms with Crippen molar-refractivity contribution in [2.24, 2.45) is 5.41 Å². The van der Waals surface area contributed by atoms with Crippen molar-refractivity contribution in [2.75, 3.05) is 18.4 Å². The number of benzene rings is 1. The van der Waals surface area contributed by atoms with Crippen molar-refractivity contribution in [1.82, 2.24) is 10.2 Å². The van der Waals surface area contributed by atoms with E-state index in [1.54, 1.807) is 4.90 Å². The number of carboxylic acids is 1. The SMILES string of the molecule is O=C(Nc1ccccc1)NC1CCN(C(=O)C2(C(=O)O)CC2)CC1. The van der Waals surface area contributed by atoms with Gasteiger partial charge < -0.3 is 20.6 Å². The number of piperidine rings is 1. The summed E-state index contributed by atoms with van der Waals surface area (Å²) in [4.78, 5) is 37.2. The lowest BCUT2D eigenvalue weighted by atomic mass is 10.0. The molecule has 3 N–H and O–H groups in total. The first-order chi connectivity index (χ1) is 11.5. The fourth-order valence-corrected chi connectivity index (χ4v) is 3.05. The maximum atomic E-state index is 12.3. The topological polar surface area (TPSA) is 98.7 Å². The highest BCUT2D eigenvalue weighted by atomic mass is 16.4. The number of hydrogen-bond donors (Lipinski definition) is 3. The number of carbonyl (C=O) groups excluding carboxylic acids is 2. The Kier molecular flexibility index (Phi) is 4.42. The standard InChI is InChI=1S/C17H21N3O4/c21-14(17(8-9-17)15(22)23)20-10-6-13(7-11-20)19-16(24)18-12-4-2-1-3-5-12/h1-5,13H,6-11H2,(H,22,23)(H2,18,19,24). The summed E-state index contributed by atoms with van der Waals surface area (Å²) >= 11 is 0. The molecule has 1 aromatic rings. The van der Waals surface area contributed by atoms with Gasteiger partial charge in [0, 0.05) is 24.8 Å². The van der Waals surface area contributed by atoms with Crippen LogP contribution < -0.4 is 10.6 Å². The molecule has 1 saturated heterocycles. The molecule has 2 fully saturated rings. The second kappa shape index (κ2) is 6.51. The molecule has 0 atom stereocenters. The van der Waals surface area contributed by atoms with Crippen LogP contribution in [0.15, 0.2) is 30.3 Å². The van der Waals surface area contributed by atoms with Gasteiger partial charge in [-0.3, -0.25) is 9.59 Å². The first kappa shape index (κ1) is 16.3. The lowest BCUT2D eigenvalue weighted by molar-refractivity contribution is -0.153. The highest BCUT2D eigenvalue weighted by Gasteiger charge is 2.58. The maximum absolute atomic E-state index is 12.3. The second-order valence-electron chi connectivity index (χ2n) is 6.42. The number of hydrogen-bond acceptors (Lipinski definition) is 3. The average molecular weight is 331 g/mol. The predicted molar refractivity (Wildman–Crippen MR) is 87.5 cm³/mol. The van der Waals surface area contributed by atoms with Crippen LogP contribution >= 0.6 is 0 Å². The molecule has 3 rings (SSSR count). The first-order valence-corrected chi connectivity index (χ1v) is 8.17. The van der Waals surface area contributed by atoms with Gasteiger partial charge >= 0.3 is 12.0 Å². The van der Waals surface area contributed by atoms with Crippen molar-refractivity contribution in [3.8, 4) is 0 Å².